The van der Waals surface area contributed by atoms with Crippen LogP contribution in [-0.2, 0) is 4.79 Å². The van der Waals surface area contributed by atoms with Gasteiger partial charge in [0, 0.05) is 10.7 Å². The van der Waals surface area contributed by atoms with Crippen LogP contribution in [-0.4, -0.2) is 23.6 Å². The highest BCUT2D eigenvalue weighted by molar-refractivity contribution is 7.12. The second kappa shape index (κ2) is 10.4. The van der Waals surface area contributed by atoms with Gasteiger partial charge in [-0.05, 0) is 61.2 Å². The Morgan fingerprint density at radius 3 is 2.48 bits per heavy atom. The minimum atomic E-state index is -0.815. The number of nitrogens with one attached hydrogen (secondary N) is 2. The Balaban J connectivity index is 1.56. The lowest BCUT2D eigenvalue weighted by molar-refractivity contribution is -0.127. The molecule has 3 aromatic rings. The fourth-order valence-corrected chi connectivity index (χ4v) is 3.58. The van der Waals surface area contributed by atoms with Gasteiger partial charge in [-0.3, -0.25) is 9.59 Å². The standard InChI is InChI=1S/C22H19Cl2N3O3S/c1-13(15-5-8-17(9-6-15)25-22(29)20-4-3-11-31-20)26-27-21(28)14(2)30-19-10-7-16(23)12-18(19)24/h3-12,14H,1-2H3,(H,25,29)(H,27,28)/b26-13+. The first-order chi connectivity index (χ1) is 14.8. The number of hydrazone groups is 1. The molecule has 0 fully saturated rings. The summed E-state index contributed by atoms with van der Waals surface area (Å²) in [6, 6.07) is 15.5. The van der Waals surface area contributed by atoms with Crippen molar-refractivity contribution in [2.75, 3.05) is 5.32 Å². The monoisotopic (exact) mass is 475 g/mol. The van der Waals surface area contributed by atoms with E-state index in [1.165, 1.54) is 17.4 Å². The first kappa shape index (κ1) is 22.8. The van der Waals surface area contributed by atoms with E-state index in [1.807, 2.05) is 23.6 Å². The SMILES string of the molecule is C/C(=N\NC(=O)C(C)Oc1ccc(Cl)cc1Cl)c1ccc(NC(=O)c2cccs2)cc1. The molecule has 31 heavy (non-hydrogen) atoms. The first-order valence-corrected chi connectivity index (χ1v) is 10.9. The number of carbonyl (C=O) groups is 2. The minimum absolute atomic E-state index is 0.157. The number of ether oxygens (including phenoxy) is 1. The van der Waals surface area contributed by atoms with Gasteiger partial charge in [0.15, 0.2) is 6.10 Å². The van der Waals surface area contributed by atoms with E-state index in [2.05, 4.69) is 15.8 Å². The van der Waals surface area contributed by atoms with Crippen molar-refractivity contribution < 1.29 is 14.3 Å². The van der Waals surface area contributed by atoms with Crippen LogP contribution in [0.15, 0.2) is 65.1 Å². The van der Waals surface area contributed by atoms with Crippen molar-refractivity contribution in [1.82, 2.24) is 5.43 Å². The molecule has 0 aliphatic heterocycles. The van der Waals surface area contributed by atoms with Crippen LogP contribution in [0.4, 0.5) is 5.69 Å². The van der Waals surface area contributed by atoms with Crippen LogP contribution in [0.2, 0.25) is 10.0 Å². The lowest BCUT2D eigenvalue weighted by Gasteiger charge is -2.14. The lowest BCUT2D eigenvalue weighted by Crippen LogP contribution is -2.34. The average molecular weight is 476 g/mol. The number of nitrogens with zero attached hydrogens (tertiary/aromatic N) is 1. The molecule has 2 N–H and O–H groups in total. The van der Waals surface area contributed by atoms with Crippen LogP contribution in [0, 0.1) is 0 Å². The molecule has 2 amide bonds. The van der Waals surface area contributed by atoms with Crippen LogP contribution in [0.3, 0.4) is 0 Å². The van der Waals surface area contributed by atoms with Crippen molar-refractivity contribution in [3.8, 4) is 5.75 Å². The van der Waals surface area contributed by atoms with Crippen molar-refractivity contribution in [3.05, 3.63) is 80.5 Å². The van der Waals surface area contributed by atoms with E-state index in [1.54, 1.807) is 44.2 Å². The maximum Gasteiger partial charge on any atom is 0.280 e. The molecule has 0 aliphatic rings. The molecule has 160 valence electrons. The molecular formula is C22H19Cl2N3O3S. The lowest BCUT2D eigenvalue weighted by atomic mass is 10.1. The summed E-state index contributed by atoms with van der Waals surface area (Å²) in [6.07, 6.45) is -0.815. The summed E-state index contributed by atoms with van der Waals surface area (Å²) in [5.74, 6) is -0.227. The van der Waals surface area contributed by atoms with E-state index in [0.717, 1.165) is 5.56 Å². The van der Waals surface area contributed by atoms with Gasteiger partial charge in [-0.2, -0.15) is 5.10 Å². The topological polar surface area (TPSA) is 79.8 Å². The number of carbonyl (C=O) groups excluding carboxylic acids is 2. The van der Waals surface area contributed by atoms with Crippen LogP contribution in [0.1, 0.15) is 29.1 Å². The molecule has 3 rings (SSSR count). The summed E-state index contributed by atoms with van der Waals surface area (Å²) >= 11 is 13.3. The van der Waals surface area contributed by atoms with Gasteiger partial charge in [0.25, 0.3) is 11.8 Å². The van der Waals surface area contributed by atoms with Gasteiger partial charge >= 0.3 is 0 Å². The highest BCUT2D eigenvalue weighted by atomic mass is 35.5. The summed E-state index contributed by atoms with van der Waals surface area (Å²) < 4.78 is 5.57. The molecule has 1 aromatic heterocycles. The Labute approximate surface area is 193 Å². The normalized spacial score (nSPS) is 12.2. The van der Waals surface area contributed by atoms with E-state index in [9.17, 15) is 9.59 Å². The maximum atomic E-state index is 12.3. The fourth-order valence-electron chi connectivity index (χ4n) is 2.50. The number of halogens is 2. The summed E-state index contributed by atoms with van der Waals surface area (Å²) in [4.78, 5) is 25.0. The number of benzene rings is 2. The van der Waals surface area contributed by atoms with Crippen LogP contribution in [0.25, 0.3) is 0 Å². The van der Waals surface area contributed by atoms with Gasteiger partial charge in [0.1, 0.15) is 5.75 Å². The third kappa shape index (κ3) is 6.30. The molecule has 0 bridgehead atoms. The van der Waals surface area contributed by atoms with Crippen LogP contribution >= 0.6 is 34.5 Å². The second-order valence-electron chi connectivity index (χ2n) is 6.52. The molecule has 6 nitrogen and oxygen atoms in total. The number of hydrogen-bond acceptors (Lipinski definition) is 5. The fraction of sp³-hybridized carbons (Fsp3) is 0.136. The molecule has 1 atom stereocenters. The third-order valence-electron chi connectivity index (χ3n) is 4.21. The summed E-state index contributed by atoms with van der Waals surface area (Å²) in [5.41, 5.74) is 4.54. The summed E-state index contributed by atoms with van der Waals surface area (Å²) in [7, 11) is 0. The van der Waals surface area contributed by atoms with E-state index in [0.29, 0.717) is 32.1 Å². The number of anilines is 1. The molecule has 1 heterocycles. The predicted octanol–water partition coefficient (Wildman–Crippen LogP) is 5.61. The molecule has 1 unspecified atom stereocenters. The van der Waals surface area contributed by atoms with E-state index in [4.69, 9.17) is 27.9 Å². The smallest absolute Gasteiger partial charge is 0.280 e. The zero-order chi connectivity index (χ0) is 22.4. The maximum absolute atomic E-state index is 12.3. The Hall–Kier alpha value is -2.87. The Morgan fingerprint density at radius 2 is 1.84 bits per heavy atom. The molecular weight excluding hydrogens is 457 g/mol. The predicted molar refractivity (Wildman–Crippen MR) is 126 cm³/mol. The van der Waals surface area contributed by atoms with Crippen LogP contribution < -0.4 is 15.5 Å². The number of rotatable bonds is 7. The van der Waals surface area contributed by atoms with E-state index in [-0.39, 0.29) is 5.91 Å². The quantitative estimate of drug-likeness (QED) is 0.343. The van der Waals surface area contributed by atoms with E-state index < -0.39 is 12.0 Å². The molecule has 0 saturated carbocycles. The van der Waals surface area contributed by atoms with E-state index >= 15 is 0 Å². The van der Waals surface area contributed by atoms with Crippen molar-refractivity contribution in [2.45, 2.75) is 20.0 Å². The zero-order valence-corrected chi connectivity index (χ0v) is 19.0. The van der Waals surface area contributed by atoms with Crippen molar-refractivity contribution >= 4 is 57.8 Å². The molecule has 0 aliphatic carbocycles. The van der Waals surface area contributed by atoms with Gasteiger partial charge in [-0.25, -0.2) is 5.43 Å². The Bertz CT molecular complexity index is 1100. The van der Waals surface area contributed by atoms with Gasteiger partial charge in [-0.15, -0.1) is 11.3 Å². The summed E-state index contributed by atoms with van der Waals surface area (Å²) in [6.45, 7) is 3.36. The van der Waals surface area contributed by atoms with Crippen LogP contribution in [0.5, 0.6) is 5.75 Å². The van der Waals surface area contributed by atoms with Crippen molar-refractivity contribution in [1.29, 1.82) is 0 Å². The summed E-state index contributed by atoms with van der Waals surface area (Å²) in [5, 5.41) is 9.60. The van der Waals surface area contributed by atoms with Crippen molar-refractivity contribution in [3.63, 3.8) is 0 Å². The van der Waals surface area contributed by atoms with Gasteiger partial charge in [-0.1, -0.05) is 41.4 Å². The molecule has 0 spiro atoms. The number of amides is 2. The zero-order valence-electron chi connectivity index (χ0n) is 16.7. The van der Waals surface area contributed by atoms with Gasteiger partial charge in [0.2, 0.25) is 0 Å². The molecule has 2 aromatic carbocycles. The third-order valence-corrected chi connectivity index (χ3v) is 5.61. The largest absolute Gasteiger partial charge is 0.479 e. The highest BCUT2D eigenvalue weighted by Gasteiger charge is 2.16. The highest BCUT2D eigenvalue weighted by Crippen LogP contribution is 2.28. The Kier molecular flexibility index (Phi) is 7.68. The minimum Gasteiger partial charge on any atom is -0.479 e. The number of thiophene rings is 1. The van der Waals surface area contributed by atoms with Gasteiger partial charge in [0.05, 0.1) is 15.6 Å². The molecule has 9 heteroatoms. The first-order valence-electron chi connectivity index (χ1n) is 9.24. The van der Waals surface area contributed by atoms with Crippen molar-refractivity contribution in [2.24, 2.45) is 5.10 Å². The number of hydrogen-bond donors (Lipinski definition) is 2. The average Bonchev–Trinajstić information content (AvgIpc) is 3.29. The molecule has 0 saturated heterocycles. The van der Waals surface area contributed by atoms with Gasteiger partial charge < -0.3 is 10.1 Å². The Morgan fingerprint density at radius 1 is 1.10 bits per heavy atom. The molecule has 0 radical (unpaired) electrons. The second-order valence-corrected chi connectivity index (χ2v) is 8.31.